The second-order valence-corrected chi connectivity index (χ2v) is 11.5. The zero-order chi connectivity index (χ0) is 29.1. The molecule has 4 aromatic rings. The van der Waals surface area contributed by atoms with Crippen molar-refractivity contribution in [2.45, 2.75) is 64.2 Å². The van der Waals surface area contributed by atoms with Crippen LogP contribution in [0.5, 0.6) is 0 Å². The third-order valence-corrected chi connectivity index (χ3v) is 8.73. The van der Waals surface area contributed by atoms with Crippen LogP contribution in [0.3, 0.4) is 0 Å². The van der Waals surface area contributed by atoms with Crippen LogP contribution in [0.25, 0.3) is 21.5 Å². The standard InChI is InChI=1S/C36H36N2O4/c39-33-27-19-11-15-25-16-12-20-28(31(25)27)34(40)37(33)23-9-7-5-3-1-2-4-6-8-10-24-38-35(41)29-21-13-17-26-18-14-22-30(32(26)29)36(38)42/h11-22H,1-10,23-24H2. The highest BCUT2D eigenvalue weighted by Gasteiger charge is 2.33. The number of nitrogens with zero attached hydrogens (tertiary/aromatic N) is 2. The molecule has 2 aliphatic rings. The predicted molar refractivity (Wildman–Crippen MR) is 165 cm³/mol. The number of amides is 4. The zero-order valence-corrected chi connectivity index (χ0v) is 23.9. The number of hydrogen-bond acceptors (Lipinski definition) is 4. The first-order valence-electron chi connectivity index (χ1n) is 15.3. The normalized spacial score (nSPS) is 14.5. The SMILES string of the molecule is O=C1c2cccc3cccc(c23)C(=O)N1CCCCCCCCCCCCN1C(=O)c2cccc3cccc(c23)C1=O. The molecular formula is C36H36N2O4. The Bertz CT molecular complexity index is 1460. The van der Waals surface area contributed by atoms with Crippen LogP contribution in [0.4, 0.5) is 0 Å². The van der Waals surface area contributed by atoms with E-state index >= 15 is 0 Å². The summed E-state index contributed by atoms with van der Waals surface area (Å²) >= 11 is 0. The van der Waals surface area contributed by atoms with E-state index in [1.165, 1.54) is 22.6 Å². The third-order valence-electron chi connectivity index (χ3n) is 8.73. The van der Waals surface area contributed by atoms with E-state index in [4.69, 9.17) is 0 Å². The first kappa shape index (κ1) is 27.8. The highest BCUT2D eigenvalue weighted by atomic mass is 16.2. The van der Waals surface area contributed by atoms with Crippen LogP contribution < -0.4 is 0 Å². The van der Waals surface area contributed by atoms with Gasteiger partial charge in [0.1, 0.15) is 0 Å². The molecule has 4 amide bonds. The summed E-state index contributed by atoms with van der Waals surface area (Å²) in [7, 11) is 0. The van der Waals surface area contributed by atoms with Gasteiger partial charge in [-0.25, -0.2) is 0 Å². The van der Waals surface area contributed by atoms with Crippen molar-refractivity contribution < 1.29 is 19.2 Å². The first-order valence-corrected chi connectivity index (χ1v) is 15.3. The number of carbonyl (C=O) groups is 4. The summed E-state index contributed by atoms with van der Waals surface area (Å²) in [4.78, 5) is 54.9. The van der Waals surface area contributed by atoms with Gasteiger partial charge >= 0.3 is 0 Å². The van der Waals surface area contributed by atoms with Gasteiger partial charge in [0.15, 0.2) is 0 Å². The highest BCUT2D eigenvalue weighted by Crippen LogP contribution is 2.31. The molecule has 0 fully saturated rings. The molecule has 4 aromatic carbocycles. The van der Waals surface area contributed by atoms with Gasteiger partial charge in [-0.15, -0.1) is 0 Å². The summed E-state index contributed by atoms with van der Waals surface area (Å²) in [6, 6.07) is 22.6. The van der Waals surface area contributed by atoms with Gasteiger partial charge in [-0.2, -0.15) is 0 Å². The lowest BCUT2D eigenvalue weighted by atomic mass is 9.94. The first-order chi connectivity index (χ1) is 20.6. The van der Waals surface area contributed by atoms with Crippen LogP contribution in [-0.4, -0.2) is 46.5 Å². The van der Waals surface area contributed by atoms with Crippen molar-refractivity contribution in [1.82, 2.24) is 9.80 Å². The maximum atomic E-state index is 13.0. The number of rotatable bonds is 13. The summed E-state index contributed by atoms with van der Waals surface area (Å²) in [6.07, 6.45) is 10.4. The van der Waals surface area contributed by atoms with Gasteiger partial charge in [-0.1, -0.05) is 99.9 Å². The topological polar surface area (TPSA) is 74.8 Å². The summed E-state index contributed by atoms with van der Waals surface area (Å²) in [6.45, 7) is 0.927. The summed E-state index contributed by atoms with van der Waals surface area (Å²) < 4.78 is 0. The number of imide groups is 2. The van der Waals surface area contributed by atoms with Crippen LogP contribution in [-0.2, 0) is 0 Å². The van der Waals surface area contributed by atoms with E-state index in [9.17, 15) is 19.2 Å². The van der Waals surface area contributed by atoms with Gasteiger partial charge in [0.25, 0.3) is 23.6 Å². The largest absolute Gasteiger partial charge is 0.274 e. The molecule has 6 heteroatoms. The molecule has 6 rings (SSSR count). The molecule has 0 saturated carbocycles. The Balaban J connectivity index is 0.852. The van der Waals surface area contributed by atoms with E-state index < -0.39 is 0 Å². The second-order valence-electron chi connectivity index (χ2n) is 11.5. The fraction of sp³-hybridized carbons (Fsp3) is 0.333. The summed E-state index contributed by atoms with van der Waals surface area (Å²) in [5.41, 5.74) is 2.50. The molecule has 0 atom stereocenters. The molecule has 2 heterocycles. The van der Waals surface area contributed by atoms with E-state index in [1.54, 1.807) is 0 Å². The average molecular weight is 561 g/mol. The quantitative estimate of drug-likeness (QED) is 0.124. The molecule has 0 saturated heterocycles. The Hall–Kier alpha value is -4.32. The van der Waals surface area contributed by atoms with Crippen molar-refractivity contribution in [3.8, 4) is 0 Å². The van der Waals surface area contributed by atoms with Gasteiger partial charge < -0.3 is 0 Å². The maximum absolute atomic E-state index is 13.0. The molecule has 6 nitrogen and oxygen atoms in total. The van der Waals surface area contributed by atoms with Crippen LogP contribution in [0.2, 0.25) is 0 Å². The molecule has 0 spiro atoms. The van der Waals surface area contributed by atoms with Crippen LogP contribution >= 0.6 is 0 Å². The number of benzene rings is 4. The molecule has 0 unspecified atom stereocenters. The molecule has 2 aliphatic heterocycles. The Labute approximate surface area is 246 Å². The summed E-state index contributed by atoms with van der Waals surface area (Å²) in [5.74, 6) is -0.720. The maximum Gasteiger partial charge on any atom is 0.261 e. The Kier molecular flexibility index (Phi) is 8.13. The third kappa shape index (κ3) is 5.22. The van der Waals surface area contributed by atoms with E-state index in [2.05, 4.69) is 0 Å². The van der Waals surface area contributed by atoms with Gasteiger partial charge in [0.2, 0.25) is 0 Å². The van der Waals surface area contributed by atoms with Gasteiger partial charge in [-0.05, 0) is 47.9 Å². The number of carbonyl (C=O) groups excluding carboxylic acids is 4. The van der Waals surface area contributed by atoms with E-state index in [0.717, 1.165) is 72.9 Å². The number of unbranched alkanes of at least 4 members (excludes halogenated alkanes) is 9. The molecule has 0 aliphatic carbocycles. The lowest BCUT2D eigenvalue weighted by molar-refractivity contribution is 0.0592. The lowest BCUT2D eigenvalue weighted by Crippen LogP contribution is -2.40. The fourth-order valence-corrected chi connectivity index (χ4v) is 6.52. The molecule has 214 valence electrons. The number of hydrogen-bond donors (Lipinski definition) is 0. The van der Waals surface area contributed by atoms with Crippen molar-refractivity contribution in [1.29, 1.82) is 0 Å². The van der Waals surface area contributed by atoms with Crippen LogP contribution in [0, 0.1) is 0 Å². The minimum atomic E-state index is -0.180. The molecule has 0 aromatic heterocycles. The van der Waals surface area contributed by atoms with Crippen LogP contribution in [0.1, 0.15) is 106 Å². The summed E-state index contributed by atoms with van der Waals surface area (Å²) in [5, 5.41) is 3.43. The minimum absolute atomic E-state index is 0.180. The van der Waals surface area contributed by atoms with Gasteiger partial charge in [0, 0.05) is 46.1 Å². The van der Waals surface area contributed by atoms with Crippen molar-refractivity contribution in [3.63, 3.8) is 0 Å². The molecular weight excluding hydrogens is 524 g/mol. The Morgan fingerprint density at radius 2 is 0.619 bits per heavy atom. The van der Waals surface area contributed by atoms with E-state index in [-0.39, 0.29) is 23.6 Å². The minimum Gasteiger partial charge on any atom is -0.274 e. The van der Waals surface area contributed by atoms with Crippen molar-refractivity contribution in [2.75, 3.05) is 13.1 Å². The van der Waals surface area contributed by atoms with Crippen LogP contribution in [0.15, 0.2) is 72.8 Å². The van der Waals surface area contributed by atoms with Crippen molar-refractivity contribution in [3.05, 3.63) is 95.1 Å². The Morgan fingerprint density at radius 1 is 0.357 bits per heavy atom. The molecule has 0 N–H and O–H groups in total. The van der Waals surface area contributed by atoms with Crippen molar-refractivity contribution >= 4 is 45.2 Å². The van der Waals surface area contributed by atoms with E-state index in [0.29, 0.717) is 35.3 Å². The monoisotopic (exact) mass is 560 g/mol. The zero-order valence-electron chi connectivity index (χ0n) is 23.9. The second kappa shape index (κ2) is 12.3. The van der Waals surface area contributed by atoms with Gasteiger partial charge in [-0.3, -0.25) is 29.0 Å². The molecule has 0 bridgehead atoms. The highest BCUT2D eigenvalue weighted by molar-refractivity contribution is 6.26. The van der Waals surface area contributed by atoms with Crippen molar-refractivity contribution in [2.24, 2.45) is 0 Å². The molecule has 0 radical (unpaired) electrons. The smallest absolute Gasteiger partial charge is 0.261 e. The van der Waals surface area contributed by atoms with E-state index in [1.807, 2.05) is 72.8 Å². The Morgan fingerprint density at radius 3 is 0.905 bits per heavy atom. The van der Waals surface area contributed by atoms with Gasteiger partial charge in [0.05, 0.1) is 0 Å². The predicted octanol–water partition coefficient (Wildman–Crippen LogP) is 7.79. The lowest BCUT2D eigenvalue weighted by Gasteiger charge is -2.27. The molecule has 42 heavy (non-hydrogen) atoms. The fourth-order valence-electron chi connectivity index (χ4n) is 6.52. The average Bonchev–Trinajstić information content (AvgIpc) is 3.01.